The number of hydrogen-bond donors (Lipinski definition) is 1. The highest BCUT2D eigenvalue weighted by Crippen LogP contribution is 2.29. The Morgan fingerprint density at radius 2 is 1.75 bits per heavy atom. The Kier molecular flexibility index (Phi) is 7.21. The fraction of sp³-hybridized carbons (Fsp3) is 0.0435. The zero-order chi connectivity index (χ0) is 23.3. The molecule has 0 aromatic heterocycles. The van der Waals surface area contributed by atoms with Gasteiger partial charge in [-0.25, -0.2) is 0 Å². The molecule has 0 aliphatic heterocycles. The number of nitrogens with one attached hydrogen (secondary N) is 1. The molecule has 0 spiro atoms. The van der Waals surface area contributed by atoms with E-state index in [1.54, 1.807) is 12.1 Å². The van der Waals surface area contributed by atoms with Gasteiger partial charge in [0.2, 0.25) is 0 Å². The molecule has 0 atom stereocenters. The number of benzene rings is 3. The fourth-order valence-corrected chi connectivity index (χ4v) is 4.01. The molecule has 6 nitrogen and oxygen atoms in total. The highest BCUT2D eigenvalue weighted by atomic mass is 35.5. The summed E-state index contributed by atoms with van der Waals surface area (Å²) in [6.07, 6.45) is 1.34. The molecule has 0 unspecified atom stereocenters. The van der Waals surface area contributed by atoms with Crippen LogP contribution in [-0.2, 0) is 14.9 Å². The second kappa shape index (κ2) is 9.88. The van der Waals surface area contributed by atoms with Gasteiger partial charge in [-0.15, -0.1) is 0 Å². The molecule has 3 aromatic carbocycles. The van der Waals surface area contributed by atoms with E-state index in [-0.39, 0.29) is 21.2 Å². The molecule has 32 heavy (non-hydrogen) atoms. The molecule has 9 heteroatoms. The largest absolute Gasteiger partial charge is 0.377 e. The Morgan fingerprint density at radius 1 is 1.06 bits per heavy atom. The van der Waals surface area contributed by atoms with E-state index in [0.717, 1.165) is 5.56 Å². The van der Waals surface area contributed by atoms with Gasteiger partial charge in [-0.1, -0.05) is 47.5 Å². The maximum atomic E-state index is 12.5. The maximum Gasteiger partial charge on any atom is 0.339 e. The molecule has 0 fully saturated rings. The van der Waals surface area contributed by atoms with Crippen molar-refractivity contribution in [3.05, 3.63) is 93.5 Å². The molecule has 0 saturated carbocycles. The predicted molar refractivity (Wildman–Crippen MR) is 124 cm³/mol. The summed E-state index contributed by atoms with van der Waals surface area (Å²) >= 11 is 12.0. The predicted octanol–water partition coefficient (Wildman–Crippen LogP) is 5.62. The topological polar surface area (TPSA) is 96.3 Å². The van der Waals surface area contributed by atoms with Crippen molar-refractivity contribution in [1.82, 2.24) is 0 Å². The third-order valence-electron chi connectivity index (χ3n) is 4.33. The molecular formula is C23H16Cl2N2O4S. The van der Waals surface area contributed by atoms with Crippen LogP contribution in [0.3, 0.4) is 0 Å². The van der Waals surface area contributed by atoms with Crippen LogP contribution in [0.1, 0.15) is 11.1 Å². The summed E-state index contributed by atoms with van der Waals surface area (Å²) in [5.41, 5.74) is 1.71. The number of halogens is 2. The average molecular weight is 487 g/mol. The van der Waals surface area contributed by atoms with Gasteiger partial charge in [-0.3, -0.25) is 4.79 Å². The van der Waals surface area contributed by atoms with Gasteiger partial charge >= 0.3 is 10.1 Å². The Bertz CT molecular complexity index is 1350. The third-order valence-corrected chi connectivity index (χ3v) is 6.12. The van der Waals surface area contributed by atoms with Gasteiger partial charge in [0.1, 0.15) is 16.5 Å². The number of amides is 1. The van der Waals surface area contributed by atoms with E-state index >= 15 is 0 Å². The normalized spacial score (nSPS) is 11.5. The Balaban J connectivity index is 1.81. The molecule has 0 aliphatic rings. The van der Waals surface area contributed by atoms with Crippen LogP contribution in [-0.4, -0.2) is 14.3 Å². The molecule has 0 heterocycles. The van der Waals surface area contributed by atoms with Crippen LogP contribution in [0.4, 0.5) is 5.69 Å². The lowest BCUT2D eigenvalue weighted by Gasteiger charge is -2.10. The number of hydrogen-bond acceptors (Lipinski definition) is 5. The number of rotatable bonds is 6. The van der Waals surface area contributed by atoms with E-state index in [4.69, 9.17) is 27.4 Å². The van der Waals surface area contributed by atoms with Gasteiger partial charge in [0, 0.05) is 10.7 Å². The number of carbonyl (C=O) groups is 1. The van der Waals surface area contributed by atoms with Crippen molar-refractivity contribution in [3.63, 3.8) is 0 Å². The fourth-order valence-electron chi connectivity index (χ4n) is 2.66. The maximum absolute atomic E-state index is 12.5. The Morgan fingerprint density at radius 3 is 2.38 bits per heavy atom. The van der Waals surface area contributed by atoms with E-state index in [2.05, 4.69) is 5.32 Å². The van der Waals surface area contributed by atoms with Crippen molar-refractivity contribution in [2.45, 2.75) is 11.8 Å². The van der Waals surface area contributed by atoms with Crippen molar-refractivity contribution in [2.75, 3.05) is 5.32 Å². The molecule has 162 valence electrons. The van der Waals surface area contributed by atoms with Gasteiger partial charge < -0.3 is 9.50 Å². The Labute approximate surface area is 195 Å². The second-order valence-corrected chi connectivity index (χ2v) is 9.01. The number of anilines is 1. The molecule has 0 aliphatic carbocycles. The molecule has 1 amide bonds. The highest BCUT2D eigenvalue weighted by Gasteiger charge is 2.19. The quantitative estimate of drug-likeness (QED) is 0.277. The average Bonchev–Trinajstić information content (AvgIpc) is 2.75. The van der Waals surface area contributed by atoms with E-state index in [0.29, 0.717) is 16.3 Å². The summed E-state index contributed by atoms with van der Waals surface area (Å²) < 4.78 is 30.0. The zero-order valence-electron chi connectivity index (χ0n) is 16.7. The number of aryl methyl sites for hydroxylation is 1. The number of carbonyl (C=O) groups excluding carboxylic acids is 1. The minimum absolute atomic E-state index is 0.00658. The second-order valence-electron chi connectivity index (χ2n) is 6.62. The lowest BCUT2D eigenvalue weighted by molar-refractivity contribution is -0.112. The van der Waals surface area contributed by atoms with Crippen molar-refractivity contribution in [2.24, 2.45) is 0 Å². The summed E-state index contributed by atoms with van der Waals surface area (Å²) in [5, 5.41) is 12.5. The summed E-state index contributed by atoms with van der Waals surface area (Å²) in [6.45, 7) is 1.84. The molecule has 1 N–H and O–H groups in total. The first-order valence-electron chi connectivity index (χ1n) is 9.18. The van der Waals surface area contributed by atoms with Crippen molar-refractivity contribution < 1.29 is 17.4 Å². The van der Waals surface area contributed by atoms with Crippen LogP contribution in [0.15, 0.2) is 77.2 Å². The highest BCUT2D eigenvalue weighted by molar-refractivity contribution is 7.87. The van der Waals surface area contributed by atoms with E-state index in [1.807, 2.05) is 25.1 Å². The summed E-state index contributed by atoms with van der Waals surface area (Å²) in [6, 6.07) is 18.7. The number of nitriles is 1. The number of nitrogens with zero attached hydrogens (tertiary/aromatic N) is 1. The van der Waals surface area contributed by atoms with Crippen molar-refractivity contribution in [3.8, 4) is 11.8 Å². The van der Waals surface area contributed by atoms with Crippen molar-refractivity contribution in [1.29, 1.82) is 5.26 Å². The van der Waals surface area contributed by atoms with Gasteiger partial charge in [0.05, 0.1) is 5.02 Å². The first-order valence-corrected chi connectivity index (χ1v) is 11.3. The summed E-state index contributed by atoms with van der Waals surface area (Å²) in [4.78, 5) is 12.4. The van der Waals surface area contributed by atoms with Crippen LogP contribution in [0.2, 0.25) is 10.0 Å². The molecule has 0 radical (unpaired) electrons. The van der Waals surface area contributed by atoms with Crippen LogP contribution >= 0.6 is 23.2 Å². The minimum atomic E-state index is -4.12. The lowest BCUT2D eigenvalue weighted by atomic mass is 10.1. The van der Waals surface area contributed by atoms with Crippen LogP contribution in [0.5, 0.6) is 5.75 Å². The third kappa shape index (κ3) is 5.68. The summed E-state index contributed by atoms with van der Waals surface area (Å²) in [7, 11) is -4.12. The standard InChI is InChI=1S/C23H16Cl2N2O4S/c1-15-4-2-3-5-21(15)27-23(28)17(14-26)12-16-6-11-22(20(25)13-16)31-32(29,30)19-9-7-18(24)8-10-19/h2-13H,1H3,(H,27,28)/b17-12+. The molecule has 3 rings (SSSR count). The van der Waals surface area contributed by atoms with E-state index in [9.17, 15) is 18.5 Å². The number of para-hydroxylation sites is 1. The first-order chi connectivity index (χ1) is 15.2. The molecule has 0 saturated heterocycles. The SMILES string of the molecule is Cc1ccccc1NC(=O)/C(C#N)=C/c1ccc(OS(=O)(=O)c2ccc(Cl)cc2)c(Cl)c1. The Hall–Kier alpha value is -3.31. The lowest BCUT2D eigenvalue weighted by Crippen LogP contribution is -2.14. The van der Waals surface area contributed by atoms with Crippen LogP contribution in [0, 0.1) is 18.3 Å². The van der Waals surface area contributed by atoms with Gasteiger partial charge in [-0.2, -0.15) is 13.7 Å². The van der Waals surface area contributed by atoms with E-state index in [1.165, 1.54) is 48.5 Å². The molecular weight excluding hydrogens is 471 g/mol. The van der Waals surface area contributed by atoms with Gasteiger partial charge in [-0.05, 0) is 66.6 Å². The zero-order valence-corrected chi connectivity index (χ0v) is 19.0. The minimum Gasteiger partial charge on any atom is -0.377 e. The molecule has 0 bridgehead atoms. The van der Waals surface area contributed by atoms with Crippen molar-refractivity contribution >= 4 is 51.0 Å². The van der Waals surface area contributed by atoms with Gasteiger partial charge in [0.15, 0.2) is 5.75 Å². The monoisotopic (exact) mass is 486 g/mol. The van der Waals surface area contributed by atoms with Crippen LogP contribution in [0.25, 0.3) is 6.08 Å². The first kappa shape index (κ1) is 23.4. The van der Waals surface area contributed by atoms with Crippen LogP contribution < -0.4 is 9.50 Å². The summed E-state index contributed by atoms with van der Waals surface area (Å²) in [5.74, 6) is -0.676. The van der Waals surface area contributed by atoms with Gasteiger partial charge in [0.25, 0.3) is 5.91 Å². The smallest absolute Gasteiger partial charge is 0.339 e. The van der Waals surface area contributed by atoms with E-state index < -0.39 is 16.0 Å². The molecule has 3 aromatic rings.